The molecule has 1 saturated heterocycles. The Hall–Kier alpha value is -1.97. The van der Waals surface area contributed by atoms with Crippen molar-refractivity contribution in [2.24, 2.45) is 5.92 Å². The van der Waals surface area contributed by atoms with Crippen molar-refractivity contribution in [2.75, 3.05) is 20.2 Å². The van der Waals surface area contributed by atoms with E-state index in [1.165, 1.54) is 6.42 Å². The lowest BCUT2D eigenvalue weighted by Crippen LogP contribution is -2.39. The van der Waals surface area contributed by atoms with Gasteiger partial charge in [0, 0.05) is 18.5 Å². The molecule has 2 heterocycles. The molecule has 1 amide bonds. The number of nitrogens with one attached hydrogen (secondary N) is 1. The van der Waals surface area contributed by atoms with Crippen molar-refractivity contribution in [1.29, 1.82) is 0 Å². The van der Waals surface area contributed by atoms with Gasteiger partial charge >= 0.3 is 0 Å². The summed E-state index contributed by atoms with van der Waals surface area (Å²) in [5.74, 6) is 1.45. The van der Waals surface area contributed by atoms with Crippen LogP contribution in [0.5, 0.6) is 5.75 Å². The molecule has 4 nitrogen and oxygen atoms in total. The number of hydrogen-bond donors (Lipinski definition) is 1. The van der Waals surface area contributed by atoms with Crippen LogP contribution >= 0.6 is 0 Å². The topological polar surface area (TPSA) is 45.3 Å². The van der Waals surface area contributed by atoms with E-state index >= 15 is 0 Å². The fourth-order valence-corrected chi connectivity index (χ4v) is 2.96. The van der Waals surface area contributed by atoms with E-state index in [2.05, 4.69) is 11.9 Å². The second-order valence-electron chi connectivity index (χ2n) is 5.61. The SMILES string of the molecule is COc1cccc2cc(C(=O)N3CCCC(C)C3)[nH]c12. The first kappa shape index (κ1) is 13.0. The Kier molecular flexibility index (Phi) is 3.38. The number of amides is 1. The molecule has 3 rings (SSSR count). The van der Waals surface area contributed by atoms with Crippen LogP contribution in [0.15, 0.2) is 24.3 Å². The number of carbonyl (C=O) groups excluding carboxylic acids is 1. The highest BCUT2D eigenvalue weighted by atomic mass is 16.5. The van der Waals surface area contributed by atoms with Crippen LogP contribution in [0.1, 0.15) is 30.3 Å². The number of rotatable bonds is 2. The van der Waals surface area contributed by atoms with Gasteiger partial charge in [-0.1, -0.05) is 19.1 Å². The number of ether oxygens (including phenoxy) is 1. The number of likely N-dealkylation sites (tertiary alicyclic amines) is 1. The van der Waals surface area contributed by atoms with Crippen molar-refractivity contribution >= 4 is 16.8 Å². The lowest BCUT2D eigenvalue weighted by molar-refractivity contribution is 0.0678. The third-order valence-corrected chi connectivity index (χ3v) is 4.01. The molecule has 1 aliphatic rings. The summed E-state index contributed by atoms with van der Waals surface area (Å²) in [7, 11) is 1.64. The Morgan fingerprint density at radius 2 is 2.30 bits per heavy atom. The summed E-state index contributed by atoms with van der Waals surface area (Å²) in [6.07, 6.45) is 2.31. The number of aromatic nitrogens is 1. The molecule has 2 aromatic rings. The summed E-state index contributed by atoms with van der Waals surface area (Å²) in [4.78, 5) is 17.7. The third kappa shape index (κ3) is 2.26. The molecule has 1 N–H and O–H groups in total. The van der Waals surface area contributed by atoms with Gasteiger partial charge in [-0.05, 0) is 30.9 Å². The van der Waals surface area contributed by atoms with E-state index in [-0.39, 0.29) is 5.91 Å². The number of piperidine rings is 1. The van der Waals surface area contributed by atoms with Crippen LogP contribution in [0, 0.1) is 5.92 Å². The minimum absolute atomic E-state index is 0.0924. The number of aromatic amines is 1. The zero-order chi connectivity index (χ0) is 14.1. The third-order valence-electron chi connectivity index (χ3n) is 4.01. The lowest BCUT2D eigenvalue weighted by Gasteiger charge is -2.30. The molecule has 0 bridgehead atoms. The molecule has 20 heavy (non-hydrogen) atoms. The Morgan fingerprint density at radius 1 is 1.45 bits per heavy atom. The second kappa shape index (κ2) is 5.19. The molecule has 106 valence electrons. The smallest absolute Gasteiger partial charge is 0.270 e. The number of H-pyrrole nitrogens is 1. The summed E-state index contributed by atoms with van der Waals surface area (Å²) in [5, 5.41) is 1.01. The average molecular weight is 272 g/mol. The molecular formula is C16H20N2O2. The first-order chi connectivity index (χ1) is 9.69. The number of hydrogen-bond acceptors (Lipinski definition) is 2. The molecule has 1 atom stereocenters. The Morgan fingerprint density at radius 3 is 3.05 bits per heavy atom. The van der Waals surface area contributed by atoms with Gasteiger partial charge in [0.25, 0.3) is 5.91 Å². The highest BCUT2D eigenvalue weighted by molar-refractivity contribution is 5.99. The van der Waals surface area contributed by atoms with Crippen molar-refractivity contribution in [1.82, 2.24) is 9.88 Å². The van der Waals surface area contributed by atoms with Crippen LogP contribution in [0.3, 0.4) is 0 Å². The van der Waals surface area contributed by atoms with Crippen LogP contribution in [0.25, 0.3) is 10.9 Å². The van der Waals surface area contributed by atoms with Crippen LogP contribution in [0.4, 0.5) is 0 Å². The Labute approximate surface area is 118 Å². The molecule has 1 aromatic heterocycles. The van der Waals surface area contributed by atoms with E-state index < -0.39 is 0 Å². The number of benzene rings is 1. The van der Waals surface area contributed by atoms with Gasteiger partial charge in [-0.15, -0.1) is 0 Å². The number of methoxy groups -OCH3 is 1. The van der Waals surface area contributed by atoms with Gasteiger partial charge in [-0.3, -0.25) is 4.79 Å². The van der Waals surface area contributed by atoms with E-state index in [9.17, 15) is 4.79 Å². The summed E-state index contributed by atoms with van der Waals surface area (Å²) in [5.41, 5.74) is 1.54. The van der Waals surface area contributed by atoms with Crippen molar-refractivity contribution in [2.45, 2.75) is 19.8 Å². The van der Waals surface area contributed by atoms with Gasteiger partial charge < -0.3 is 14.6 Å². The summed E-state index contributed by atoms with van der Waals surface area (Å²) in [6.45, 7) is 3.91. The number of para-hydroxylation sites is 1. The zero-order valence-corrected chi connectivity index (χ0v) is 12.0. The van der Waals surface area contributed by atoms with Gasteiger partial charge in [0.05, 0.1) is 12.6 Å². The van der Waals surface area contributed by atoms with Crippen molar-refractivity contribution in [3.63, 3.8) is 0 Å². The maximum atomic E-state index is 12.6. The zero-order valence-electron chi connectivity index (χ0n) is 12.0. The highest BCUT2D eigenvalue weighted by Gasteiger charge is 2.23. The molecule has 1 aliphatic heterocycles. The summed E-state index contributed by atoms with van der Waals surface area (Å²) >= 11 is 0. The quantitative estimate of drug-likeness (QED) is 0.913. The largest absolute Gasteiger partial charge is 0.495 e. The van der Waals surface area contributed by atoms with E-state index in [0.717, 1.165) is 36.2 Å². The van der Waals surface area contributed by atoms with Crippen molar-refractivity contribution in [3.05, 3.63) is 30.0 Å². The second-order valence-corrected chi connectivity index (χ2v) is 5.61. The van der Waals surface area contributed by atoms with Crippen molar-refractivity contribution in [3.8, 4) is 5.75 Å². The molecule has 1 fully saturated rings. The van der Waals surface area contributed by atoms with E-state index in [1.807, 2.05) is 29.2 Å². The molecule has 0 spiro atoms. The maximum absolute atomic E-state index is 12.6. The highest BCUT2D eigenvalue weighted by Crippen LogP contribution is 2.26. The van der Waals surface area contributed by atoms with Crippen LogP contribution in [-0.4, -0.2) is 36.0 Å². The first-order valence-electron chi connectivity index (χ1n) is 7.14. The number of carbonyl (C=O) groups is 1. The Balaban J connectivity index is 1.92. The minimum atomic E-state index is 0.0924. The molecule has 4 heteroatoms. The number of fused-ring (bicyclic) bond motifs is 1. The molecular weight excluding hydrogens is 252 g/mol. The van der Waals surface area contributed by atoms with Gasteiger partial charge in [-0.2, -0.15) is 0 Å². The summed E-state index contributed by atoms with van der Waals surface area (Å²) in [6, 6.07) is 7.74. The van der Waals surface area contributed by atoms with Gasteiger partial charge in [-0.25, -0.2) is 0 Å². The normalized spacial score (nSPS) is 19.3. The standard InChI is InChI=1S/C16H20N2O2/c1-11-5-4-8-18(10-11)16(19)13-9-12-6-3-7-14(20-2)15(12)17-13/h3,6-7,9,11,17H,4-5,8,10H2,1-2H3. The van der Waals surface area contributed by atoms with Gasteiger partial charge in [0.2, 0.25) is 0 Å². The minimum Gasteiger partial charge on any atom is -0.495 e. The van der Waals surface area contributed by atoms with E-state index in [1.54, 1.807) is 7.11 Å². The first-order valence-corrected chi connectivity index (χ1v) is 7.14. The molecule has 1 aromatic carbocycles. The fourth-order valence-electron chi connectivity index (χ4n) is 2.96. The van der Waals surface area contributed by atoms with E-state index in [4.69, 9.17) is 4.74 Å². The molecule has 0 radical (unpaired) electrons. The van der Waals surface area contributed by atoms with Crippen LogP contribution in [0.2, 0.25) is 0 Å². The van der Waals surface area contributed by atoms with Crippen LogP contribution in [-0.2, 0) is 0 Å². The Bertz CT molecular complexity index is 632. The molecule has 1 unspecified atom stereocenters. The fraction of sp³-hybridized carbons (Fsp3) is 0.438. The lowest BCUT2D eigenvalue weighted by atomic mass is 10.00. The van der Waals surface area contributed by atoms with E-state index in [0.29, 0.717) is 11.6 Å². The monoisotopic (exact) mass is 272 g/mol. The van der Waals surface area contributed by atoms with Gasteiger partial charge in [0.15, 0.2) is 0 Å². The predicted molar refractivity (Wildman–Crippen MR) is 79.2 cm³/mol. The molecule has 0 aliphatic carbocycles. The number of nitrogens with zero attached hydrogens (tertiary/aromatic N) is 1. The predicted octanol–water partition coefficient (Wildman–Crippen LogP) is 3.05. The average Bonchev–Trinajstić information content (AvgIpc) is 2.90. The van der Waals surface area contributed by atoms with Crippen LogP contribution < -0.4 is 4.74 Å². The maximum Gasteiger partial charge on any atom is 0.270 e. The van der Waals surface area contributed by atoms with Gasteiger partial charge in [0.1, 0.15) is 11.4 Å². The summed E-state index contributed by atoms with van der Waals surface area (Å²) < 4.78 is 5.33. The molecule has 0 saturated carbocycles. The van der Waals surface area contributed by atoms with Crippen molar-refractivity contribution < 1.29 is 9.53 Å².